The molecular formula is C17H19BrFNO. The Labute approximate surface area is 133 Å². The zero-order chi connectivity index (χ0) is 15.2. The van der Waals surface area contributed by atoms with Gasteiger partial charge in [0.2, 0.25) is 0 Å². The predicted octanol–water partition coefficient (Wildman–Crippen LogP) is 4.63. The Bertz CT molecular complexity index is 576. The first-order chi connectivity index (χ1) is 10.2. The molecule has 4 heteroatoms. The summed E-state index contributed by atoms with van der Waals surface area (Å²) in [5.41, 5.74) is 1.62. The Kier molecular flexibility index (Phi) is 5.91. The normalized spacial score (nSPS) is 13.9. The van der Waals surface area contributed by atoms with E-state index in [9.17, 15) is 4.39 Å². The van der Waals surface area contributed by atoms with Crippen LogP contribution < -0.4 is 5.32 Å². The van der Waals surface area contributed by atoms with Crippen LogP contribution in [0.5, 0.6) is 0 Å². The van der Waals surface area contributed by atoms with Crippen molar-refractivity contribution in [1.82, 2.24) is 5.32 Å². The minimum absolute atomic E-state index is 0.238. The summed E-state index contributed by atoms with van der Waals surface area (Å²) < 4.78 is 20.9. The smallest absolute Gasteiger partial charge is 0.128 e. The van der Waals surface area contributed by atoms with Crippen molar-refractivity contribution in [1.29, 1.82) is 0 Å². The Balaban J connectivity index is 2.43. The Morgan fingerprint density at radius 3 is 2.52 bits per heavy atom. The Morgan fingerprint density at radius 1 is 1.19 bits per heavy atom. The number of halogens is 2. The van der Waals surface area contributed by atoms with Crippen LogP contribution in [0.4, 0.5) is 4.39 Å². The van der Waals surface area contributed by atoms with Crippen molar-refractivity contribution < 1.29 is 9.13 Å². The zero-order valence-electron chi connectivity index (χ0n) is 12.1. The summed E-state index contributed by atoms with van der Waals surface area (Å²) in [6, 6.07) is 14.6. The van der Waals surface area contributed by atoms with E-state index in [1.54, 1.807) is 12.1 Å². The Hall–Kier alpha value is -1.23. The molecule has 0 spiro atoms. The summed E-state index contributed by atoms with van der Waals surface area (Å²) in [5.74, 6) is -0.238. The monoisotopic (exact) mass is 351 g/mol. The molecule has 1 N–H and O–H groups in total. The van der Waals surface area contributed by atoms with Crippen molar-refractivity contribution in [3.63, 3.8) is 0 Å². The van der Waals surface area contributed by atoms with E-state index < -0.39 is 0 Å². The van der Waals surface area contributed by atoms with Gasteiger partial charge >= 0.3 is 0 Å². The van der Waals surface area contributed by atoms with Gasteiger partial charge in [0.15, 0.2) is 0 Å². The number of likely N-dealkylation sites (N-methyl/N-ethyl adjacent to an activating group) is 1. The van der Waals surface area contributed by atoms with Crippen LogP contribution in [0.1, 0.15) is 30.2 Å². The van der Waals surface area contributed by atoms with Crippen LogP contribution >= 0.6 is 15.9 Å². The fraction of sp³-hybridized carbons (Fsp3) is 0.294. The maximum Gasteiger partial charge on any atom is 0.128 e. The van der Waals surface area contributed by atoms with E-state index >= 15 is 0 Å². The van der Waals surface area contributed by atoms with Gasteiger partial charge in [-0.2, -0.15) is 0 Å². The molecule has 2 unspecified atom stereocenters. The summed E-state index contributed by atoms with van der Waals surface area (Å²) in [7, 11) is 1.82. The lowest BCUT2D eigenvalue weighted by Gasteiger charge is -2.28. The van der Waals surface area contributed by atoms with Gasteiger partial charge in [0.25, 0.3) is 0 Å². The van der Waals surface area contributed by atoms with Crippen LogP contribution in [0.3, 0.4) is 0 Å². The molecule has 0 aliphatic carbocycles. The summed E-state index contributed by atoms with van der Waals surface area (Å²) in [4.78, 5) is 0. The molecule has 2 aromatic rings. The van der Waals surface area contributed by atoms with E-state index in [1.165, 1.54) is 6.07 Å². The Morgan fingerprint density at radius 2 is 1.90 bits per heavy atom. The van der Waals surface area contributed by atoms with E-state index in [-0.39, 0.29) is 18.0 Å². The van der Waals surface area contributed by atoms with Gasteiger partial charge in [-0.3, -0.25) is 0 Å². The van der Waals surface area contributed by atoms with Gasteiger partial charge in [0.05, 0.1) is 6.04 Å². The van der Waals surface area contributed by atoms with Gasteiger partial charge < -0.3 is 10.1 Å². The number of hydrogen-bond acceptors (Lipinski definition) is 2. The molecule has 0 aliphatic rings. The van der Waals surface area contributed by atoms with E-state index in [4.69, 9.17) is 4.74 Å². The van der Waals surface area contributed by atoms with Crippen LogP contribution in [0.2, 0.25) is 0 Å². The van der Waals surface area contributed by atoms with Crippen molar-refractivity contribution in [2.45, 2.75) is 19.1 Å². The van der Waals surface area contributed by atoms with Crippen LogP contribution in [0.15, 0.2) is 53.0 Å². The standard InChI is InChI=1S/C17H19BrFNO/c1-3-21-17(12-7-5-4-6-8-12)16(20-2)14-11-13(18)9-10-15(14)19/h4-11,16-17,20H,3H2,1-2H3. The molecule has 2 aromatic carbocycles. The van der Waals surface area contributed by atoms with Crippen molar-refractivity contribution in [2.24, 2.45) is 0 Å². The van der Waals surface area contributed by atoms with Crippen LogP contribution in [0.25, 0.3) is 0 Å². The van der Waals surface area contributed by atoms with Gasteiger partial charge in [0.1, 0.15) is 11.9 Å². The molecule has 2 rings (SSSR count). The largest absolute Gasteiger partial charge is 0.372 e. The quantitative estimate of drug-likeness (QED) is 0.819. The third-order valence-corrected chi connectivity index (χ3v) is 3.87. The van der Waals surface area contributed by atoms with Gasteiger partial charge in [-0.15, -0.1) is 0 Å². The number of hydrogen-bond donors (Lipinski definition) is 1. The summed E-state index contributed by atoms with van der Waals surface area (Å²) in [6.07, 6.45) is -0.245. The number of rotatable bonds is 6. The van der Waals surface area contributed by atoms with E-state index in [2.05, 4.69) is 21.2 Å². The maximum absolute atomic E-state index is 14.2. The minimum atomic E-state index is -0.259. The highest BCUT2D eigenvalue weighted by Gasteiger charge is 2.26. The third-order valence-electron chi connectivity index (χ3n) is 3.38. The first-order valence-electron chi connectivity index (χ1n) is 6.96. The van der Waals surface area contributed by atoms with Crippen molar-refractivity contribution in [2.75, 3.05) is 13.7 Å². The SMILES string of the molecule is CCOC(c1ccccc1)C(NC)c1cc(Br)ccc1F. The number of nitrogens with one attached hydrogen (secondary N) is 1. The minimum Gasteiger partial charge on any atom is -0.372 e. The molecular weight excluding hydrogens is 333 g/mol. The van der Waals surface area contributed by atoms with Gasteiger partial charge in [-0.05, 0) is 37.7 Å². The molecule has 0 bridgehead atoms. The second-order valence-electron chi connectivity index (χ2n) is 4.72. The lowest BCUT2D eigenvalue weighted by atomic mass is 9.95. The van der Waals surface area contributed by atoms with Crippen LogP contribution in [-0.2, 0) is 4.74 Å². The highest BCUT2D eigenvalue weighted by molar-refractivity contribution is 9.10. The number of benzene rings is 2. The van der Waals surface area contributed by atoms with Crippen molar-refractivity contribution in [3.8, 4) is 0 Å². The molecule has 2 nitrogen and oxygen atoms in total. The third kappa shape index (κ3) is 3.90. The summed E-state index contributed by atoms with van der Waals surface area (Å²) >= 11 is 3.40. The van der Waals surface area contributed by atoms with Crippen LogP contribution in [0, 0.1) is 5.82 Å². The molecule has 0 radical (unpaired) electrons. The summed E-state index contributed by atoms with van der Waals surface area (Å²) in [6.45, 7) is 2.51. The maximum atomic E-state index is 14.2. The highest BCUT2D eigenvalue weighted by atomic mass is 79.9. The highest BCUT2D eigenvalue weighted by Crippen LogP contribution is 2.34. The summed E-state index contributed by atoms with van der Waals surface area (Å²) in [5, 5.41) is 3.18. The second kappa shape index (κ2) is 7.69. The van der Waals surface area contributed by atoms with Gasteiger partial charge in [0, 0.05) is 16.6 Å². The number of ether oxygens (including phenoxy) is 1. The molecule has 0 heterocycles. The predicted molar refractivity (Wildman–Crippen MR) is 86.7 cm³/mol. The van der Waals surface area contributed by atoms with Crippen molar-refractivity contribution >= 4 is 15.9 Å². The lowest BCUT2D eigenvalue weighted by Crippen LogP contribution is -2.27. The van der Waals surface area contributed by atoms with Gasteiger partial charge in [-0.1, -0.05) is 46.3 Å². The van der Waals surface area contributed by atoms with E-state index in [1.807, 2.05) is 44.3 Å². The van der Waals surface area contributed by atoms with E-state index in [0.29, 0.717) is 12.2 Å². The van der Waals surface area contributed by atoms with E-state index in [0.717, 1.165) is 10.0 Å². The average molecular weight is 352 g/mol. The molecule has 0 aliphatic heterocycles. The molecule has 112 valence electrons. The fourth-order valence-corrected chi connectivity index (χ4v) is 2.81. The zero-order valence-corrected chi connectivity index (χ0v) is 13.7. The molecule has 21 heavy (non-hydrogen) atoms. The second-order valence-corrected chi connectivity index (χ2v) is 5.63. The molecule has 2 atom stereocenters. The van der Waals surface area contributed by atoms with Crippen molar-refractivity contribution in [3.05, 3.63) is 69.9 Å². The first-order valence-corrected chi connectivity index (χ1v) is 7.75. The topological polar surface area (TPSA) is 21.3 Å². The van der Waals surface area contributed by atoms with Gasteiger partial charge in [-0.25, -0.2) is 4.39 Å². The molecule has 0 aromatic heterocycles. The van der Waals surface area contributed by atoms with Crippen LogP contribution in [-0.4, -0.2) is 13.7 Å². The first kappa shape index (κ1) is 16.1. The molecule has 0 saturated heterocycles. The molecule has 0 amide bonds. The molecule has 0 saturated carbocycles. The fourth-order valence-electron chi connectivity index (χ4n) is 2.43. The average Bonchev–Trinajstić information content (AvgIpc) is 2.51. The lowest BCUT2D eigenvalue weighted by molar-refractivity contribution is 0.0338. The molecule has 0 fully saturated rings.